The number of aliphatic hydroxyl groups is 1. The molecular formula is C23H40O. The van der Waals surface area contributed by atoms with Gasteiger partial charge in [0, 0.05) is 0 Å². The van der Waals surface area contributed by atoms with E-state index in [1.165, 1.54) is 41.6 Å². The number of hydrogen-bond donors (Lipinski definition) is 1. The fourth-order valence-electron chi connectivity index (χ4n) is 2.56. The van der Waals surface area contributed by atoms with Gasteiger partial charge in [0.15, 0.2) is 0 Å². The van der Waals surface area contributed by atoms with Crippen molar-refractivity contribution in [3.8, 4) is 0 Å². The average molecular weight is 333 g/mol. The Hall–Kier alpha value is -1.08. The highest BCUT2D eigenvalue weighted by molar-refractivity contribution is 5.07. The highest BCUT2D eigenvalue weighted by atomic mass is 16.3. The van der Waals surface area contributed by atoms with E-state index in [1.54, 1.807) is 0 Å². The van der Waals surface area contributed by atoms with Crippen LogP contribution in [0.3, 0.4) is 0 Å². The Morgan fingerprint density at radius 1 is 0.667 bits per heavy atom. The van der Waals surface area contributed by atoms with Gasteiger partial charge in [0.05, 0.1) is 6.10 Å². The Morgan fingerprint density at radius 2 is 1.04 bits per heavy atom. The average Bonchev–Trinajstić information content (AvgIpc) is 2.46. The van der Waals surface area contributed by atoms with Crippen molar-refractivity contribution in [3.63, 3.8) is 0 Å². The summed E-state index contributed by atoms with van der Waals surface area (Å²) in [7, 11) is 0. The maximum atomic E-state index is 9.26. The fraction of sp³-hybridized carbons (Fsp3) is 0.652. The van der Waals surface area contributed by atoms with Crippen LogP contribution in [0, 0.1) is 0 Å². The molecule has 0 rings (SSSR count). The van der Waals surface area contributed by atoms with Crippen LogP contribution >= 0.6 is 0 Å². The van der Waals surface area contributed by atoms with E-state index in [2.05, 4.69) is 58.9 Å². The molecule has 0 aliphatic heterocycles. The molecule has 1 nitrogen and oxygen atoms in total. The van der Waals surface area contributed by atoms with E-state index in [4.69, 9.17) is 0 Å². The van der Waals surface area contributed by atoms with Crippen LogP contribution in [0.25, 0.3) is 0 Å². The van der Waals surface area contributed by atoms with Gasteiger partial charge in [0.25, 0.3) is 0 Å². The molecule has 0 spiro atoms. The molecule has 1 unspecified atom stereocenters. The topological polar surface area (TPSA) is 20.2 Å². The van der Waals surface area contributed by atoms with Crippen molar-refractivity contribution in [3.05, 3.63) is 46.6 Å². The summed E-state index contributed by atoms with van der Waals surface area (Å²) in [5.41, 5.74) is 5.86. The zero-order valence-corrected chi connectivity index (χ0v) is 17.0. The van der Waals surface area contributed by atoms with Crippen LogP contribution in [0.15, 0.2) is 46.6 Å². The molecule has 0 aliphatic carbocycles. The van der Waals surface area contributed by atoms with Gasteiger partial charge in [-0.1, -0.05) is 46.6 Å². The Morgan fingerprint density at radius 3 is 1.42 bits per heavy atom. The lowest BCUT2D eigenvalue weighted by atomic mass is 10.0. The van der Waals surface area contributed by atoms with E-state index in [0.29, 0.717) is 0 Å². The number of aliphatic hydroxyl groups excluding tert-OH is 1. The Labute approximate surface area is 151 Å². The van der Waals surface area contributed by atoms with Crippen molar-refractivity contribution in [2.24, 2.45) is 0 Å². The van der Waals surface area contributed by atoms with Gasteiger partial charge in [-0.3, -0.25) is 0 Å². The molecule has 1 atom stereocenters. The van der Waals surface area contributed by atoms with Crippen molar-refractivity contribution >= 4 is 0 Å². The molecule has 0 bridgehead atoms. The zero-order valence-electron chi connectivity index (χ0n) is 17.0. The summed E-state index contributed by atoms with van der Waals surface area (Å²) < 4.78 is 0. The molecule has 24 heavy (non-hydrogen) atoms. The molecule has 0 heterocycles. The summed E-state index contributed by atoms with van der Waals surface area (Å²) in [6.45, 7) is 12.9. The van der Waals surface area contributed by atoms with E-state index in [0.717, 1.165) is 32.1 Å². The van der Waals surface area contributed by atoms with Gasteiger partial charge in [0.2, 0.25) is 0 Å². The summed E-state index contributed by atoms with van der Waals surface area (Å²) in [6.07, 6.45) is 18.0. The van der Waals surface area contributed by atoms with Crippen molar-refractivity contribution in [2.45, 2.75) is 99.0 Å². The quantitative estimate of drug-likeness (QED) is 0.372. The van der Waals surface area contributed by atoms with E-state index < -0.39 is 0 Å². The van der Waals surface area contributed by atoms with Crippen LogP contribution < -0.4 is 0 Å². The van der Waals surface area contributed by atoms with Gasteiger partial charge < -0.3 is 5.11 Å². The first-order valence-electron chi connectivity index (χ1n) is 9.59. The Balaban J connectivity index is 3.96. The summed E-state index contributed by atoms with van der Waals surface area (Å²) >= 11 is 0. The minimum atomic E-state index is -0.185. The zero-order chi connectivity index (χ0) is 18.4. The molecule has 0 amide bonds. The first-order chi connectivity index (χ1) is 11.3. The predicted octanol–water partition coefficient (Wildman–Crippen LogP) is 7.29. The molecule has 0 radical (unpaired) electrons. The lowest BCUT2D eigenvalue weighted by Crippen LogP contribution is -1.97. The second-order valence-electron chi connectivity index (χ2n) is 7.48. The van der Waals surface area contributed by atoms with E-state index in [-0.39, 0.29) is 6.10 Å². The van der Waals surface area contributed by atoms with Crippen LogP contribution in [0.2, 0.25) is 0 Å². The van der Waals surface area contributed by atoms with Gasteiger partial charge in [-0.2, -0.15) is 0 Å². The van der Waals surface area contributed by atoms with Gasteiger partial charge in [-0.25, -0.2) is 0 Å². The Bertz CT molecular complexity index is 443. The van der Waals surface area contributed by atoms with Crippen LogP contribution in [-0.4, -0.2) is 11.2 Å². The molecule has 138 valence electrons. The maximum absolute atomic E-state index is 9.26. The van der Waals surface area contributed by atoms with E-state index in [9.17, 15) is 5.11 Å². The van der Waals surface area contributed by atoms with E-state index >= 15 is 0 Å². The minimum Gasteiger partial charge on any atom is -0.393 e. The van der Waals surface area contributed by atoms with Gasteiger partial charge in [-0.15, -0.1) is 0 Å². The van der Waals surface area contributed by atoms with Gasteiger partial charge in [0.1, 0.15) is 0 Å². The molecule has 0 saturated heterocycles. The molecule has 0 aromatic heterocycles. The SMILES string of the molecule is CC(C)=CCC/C(C)=C/CCC(C)=CCC/C(C)=C/CCC(C)O. The Kier molecular flexibility index (Phi) is 13.6. The molecule has 0 aliphatic rings. The second-order valence-corrected chi connectivity index (χ2v) is 7.48. The van der Waals surface area contributed by atoms with Crippen molar-refractivity contribution in [1.29, 1.82) is 0 Å². The highest BCUT2D eigenvalue weighted by Gasteiger charge is 1.95. The lowest BCUT2D eigenvalue weighted by Gasteiger charge is -2.03. The monoisotopic (exact) mass is 332 g/mol. The molecule has 0 fully saturated rings. The summed E-state index contributed by atoms with van der Waals surface area (Å²) in [6, 6.07) is 0. The predicted molar refractivity (Wildman–Crippen MR) is 109 cm³/mol. The number of rotatable bonds is 12. The van der Waals surface area contributed by atoms with Gasteiger partial charge in [-0.05, 0) is 92.9 Å². The smallest absolute Gasteiger partial charge is 0.0515 e. The van der Waals surface area contributed by atoms with Crippen LogP contribution in [0.4, 0.5) is 0 Å². The highest BCUT2D eigenvalue weighted by Crippen LogP contribution is 2.14. The fourth-order valence-corrected chi connectivity index (χ4v) is 2.56. The van der Waals surface area contributed by atoms with Crippen molar-refractivity contribution in [1.82, 2.24) is 0 Å². The number of allylic oxidation sites excluding steroid dienone is 8. The lowest BCUT2D eigenvalue weighted by molar-refractivity contribution is 0.186. The van der Waals surface area contributed by atoms with Crippen LogP contribution in [-0.2, 0) is 0 Å². The standard InChI is InChI=1S/C23H40O/c1-19(2)11-7-12-20(3)13-8-14-21(4)15-9-16-22(5)17-10-18-23(6)24/h11,13,15,17,23-24H,7-10,12,14,16,18H2,1-6H3/b20-13+,21-15?,22-17+. The third-order valence-corrected chi connectivity index (χ3v) is 4.23. The maximum Gasteiger partial charge on any atom is 0.0515 e. The molecule has 1 heteroatoms. The summed E-state index contributed by atoms with van der Waals surface area (Å²) in [4.78, 5) is 0. The number of hydrogen-bond acceptors (Lipinski definition) is 1. The summed E-state index contributed by atoms with van der Waals surface area (Å²) in [5, 5.41) is 9.26. The third kappa shape index (κ3) is 15.8. The largest absolute Gasteiger partial charge is 0.393 e. The molecule has 0 saturated carbocycles. The minimum absolute atomic E-state index is 0.185. The van der Waals surface area contributed by atoms with Gasteiger partial charge >= 0.3 is 0 Å². The van der Waals surface area contributed by atoms with Crippen molar-refractivity contribution in [2.75, 3.05) is 0 Å². The van der Waals surface area contributed by atoms with E-state index in [1.807, 2.05) is 6.92 Å². The van der Waals surface area contributed by atoms with Crippen molar-refractivity contribution < 1.29 is 5.11 Å². The first-order valence-corrected chi connectivity index (χ1v) is 9.59. The first kappa shape index (κ1) is 22.9. The van der Waals surface area contributed by atoms with Crippen LogP contribution in [0.5, 0.6) is 0 Å². The molecule has 0 aromatic rings. The van der Waals surface area contributed by atoms with Crippen LogP contribution in [0.1, 0.15) is 92.9 Å². The molecule has 1 N–H and O–H groups in total. The normalized spacial score (nSPS) is 14.7. The molecule has 0 aromatic carbocycles. The third-order valence-electron chi connectivity index (χ3n) is 4.23. The molecular weight excluding hydrogens is 292 g/mol. The summed E-state index contributed by atoms with van der Waals surface area (Å²) in [5.74, 6) is 0. The second kappa shape index (κ2) is 14.3.